The quantitative estimate of drug-likeness (QED) is 0.168. The zero-order chi connectivity index (χ0) is 34.6. The summed E-state index contributed by atoms with van der Waals surface area (Å²) in [6.45, 7) is 9.59. The van der Waals surface area contributed by atoms with Crippen molar-refractivity contribution in [2.24, 2.45) is 5.41 Å². The molecule has 0 saturated carbocycles. The Bertz CT molecular complexity index is 2290. The van der Waals surface area contributed by atoms with Gasteiger partial charge in [0.25, 0.3) is 0 Å². The Balaban J connectivity index is 0.000000246. The number of hydrogen-bond donors (Lipinski definition) is 0. The molecule has 0 saturated heterocycles. The molecule has 0 aliphatic carbocycles. The summed E-state index contributed by atoms with van der Waals surface area (Å²) in [5, 5.41) is 1.53. The fourth-order valence-electron chi connectivity index (χ4n) is 4.74. The molecule has 0 spiro atoms. The Labute approximate surface area is 284 Å². The minimum atomic E-state index is -2.32. The third-order valence-electron chi connectivity index (χ3n) is 7.04. The minimum Gasteiger partial charge on any atom is -0.486 e. The van der Waals surface area contributed by atoms with Crippen LogP contribution < -0.4 is 0 Å². The number of fused-ring (bicyclic) bond motifs is 4. The van der Waals surface area contributed by atoms with Gasteiger partial charge >= 0.3 is 0 Å². The molecule has 7 rings (SSSR count). The number of aromatic nitrogens is 3. The van der Waals surface area contributed by atoms with Gasteiger partial charge in [0, 0.05) is 49.1 Å². The first-order chi connectivity index (χ1) is 22.5. The number of aryl methyl sites for hydroxylation is 4. The van der Waals surface area contributed by atoms with Crippen molar-refractivity contribution in [1.29, 1.82) is 0 Å². The molecule has 0 amide bonds. The molecule has 0 aliphatic rings. The number of thiophene rings is 1. The summed E-state index contributed by atoms with van der Waals surface area (Å²) in [4.78, 5) is 14.0. The molecule has 5 heterocycles. The summed E-state index contributed by atoms with van der Waals surface area (Å²) in [7, 11) is 0. The van der Waals surface area contributed by atoms with E-state index in [0.717, 1.165) is 26.7 Å². The Kier molecular flexibility index (Phi) is 7.41. The van der Waals surface area contributed by atoms with Crippen molar-refractivity contribution in [3.05, 3.63) is 112 Å². The third kappa shape index (κ3) is 6.83. The van der Waals surface area contributed by atoms with Crippen LogP contribution >= 0.6 is 11.3 Å². The standard InChI is InChI=1S/C24H21N2OS.C14H14N.Ir/c1-14-8-9-17-16-6-5-7-18(22(16)27-23(17)25-14)19-10-11-21-20(26-19)12-15(28-21)13-24(2,3)4;1-10-4-6-13(7-5-10)14-8-11(2)12(3)9-15-14;/h5-6,8-12H,13H2,1-4H3;4-6,8-9H,1-3H3;/q2*-1;/i1D3,13D2;;. The van der Waals surface area contributed by atoms with E-state index in [1.165, 1.54) is 34.1 Å². The van der Waals surface area contributed by atoms with E-state index in [0.29, 0.717) is 27.2 Å². The van der Waals surface area contributed by atoms with Crippen molar-refractivity contribution in [3.63, 3.8) is 0 Å². The van der Waals surface area contributed by atoms with Gasteiger partial charge in [-0.15, -0.1) is 64.9 Å². The predicted molar refractivity (Wildman–Crippen MR) is 180 cm³/mol. The first-order valence-electron chi connectivity index (χ1n) is 16.6. The van der Waals surface area contributed by atoms with Crippen molar-refractivity contribution in [2.45, 2.75) is 54.8 Å². The van der Waals surface area contributed by atoms with Crippen LogP contribution in [0.15, 0.2) is 77.3 Å². The zero-order valence-electron chi connectivity index (χ0n) is 30.4. The summed E-state index contributed by atoms with van der Waals surface area (Å²) in [5.74, 6) is 0. The second-order valence-electron chi connectivity index (χ2n) is 11.7. The topological polar surface area (TPSA) is 51.8 Å². The number of furan rings is 1. The van der Waals surface area contributed by atoms with Crippen LogP contribution in [0.1, 0.15) is 54.9 Å². The Morgan fingerprint density at radius 3 is 2.48 bits per heavy atom. The molecular weight excluding hydrogens is 739 g/mol. The molecule has 4 nitrogen and oxygen atoms in total. The molecule has 225 valence electrons. The van der Waals surface area contributed by atoms with Gasteiger partial charge in [-0.3, -0.25) is 4.98 Å². The fourth-order valence-corrected chi connectivity index (χ4v) is 5.85. The fraction of sp³-hybridized carbons (Fsp3) is 0.237. The van der Waals surface area contributed by atoms with Gasteiger partial charge in [-0.1, -0.05) is 56.3 Å². The molecule has 0 bridgehead atoms. The number of pyridine rings is 3. The molecule has 2 aromatic carbocycles. The van der Waals surface area contributed by atoms with E-state index in [2.05, 4.69) is 61.1 Å². The Morgan fingerprint density at radius 1 is 0.909 bits per heavy atom. The van der Waals surface area contributed by atoms with Crippen LogP contribution in [0.4, 0.5) is 0 Å². The molecule has 0 unspecified atom stereocenters. The molecule has 44 heavy (non-hydrogen) atoms. The maximum absolute atomic E-state index is 8.58. The average Bonchev–Trinajstić information content (AvgIpc) is 3.63. The van der Waals surface area contributed by atoms with E-state index in [9.17, 15) is 0 Å². The number of benzene rings is 2. The van der Waals surface area contributed by atoms with Crippen molar-refractivity contribution in [3.8, 4) is 22.5 Å². The van der Waals surface area contributed by atoms with Gasteiger partial charge in [-0.2, -0.15) is 0 Å². The van der Waals surface area contributed by atoms with E-state index in [-0.39, 0.29) is 31.5 Å². The van der Waals surface area contributed by atoms with Crippen LogP contribution in [0.25, 0.3) is 54.8 Å². The average molecular weight is 779 g/mol. The van der Waals surface area contributed by atoms with E-state index in [4.69, 9.17) is 16.3 Å². The van der Waals surface area contributed by atoms with Crippen molar-refractivity contribution in [2.75, 3.05) is 0 Å². The summed E-state index contributed by atoms with van der Waals surface area (Å²) in [5.41, 5.74) is 8.02. The van der Waals surface area contributed by atoms with Gasteiger partial charge < -0.3 is 9.40 Å². The van der Waals surface area contributed by atoms with Gasteiger partial charge in [-0.25, -0.2) is 4.98 Å². The molecule has 0 N–H and O–H groups in total. The number of nitrogens with zero attached hydrogens (tertiary/aromatic N) is 3. The monoisotopic (exact) mass is 779 g/mol. The number of hydrogen-bond acceptors (Lipinski definition) is 5. The van der Waals surface area contributed by atoms with Crippen LogP contribution in [0.5, 0.6) is 0 Å². The minimum absolute atomic E-state index is 0. The van der Waals surface area contributed by atoms with Crippen LogP contribution in [-0.2, 0) is 26.5 Å². The molecule has 5 aromatic heterocycles. The maximum atomic E-state index is 8.58. The van der Waals surface area contributed by atoms with Gasteiger partial charge in [0.05, 0.1) is 15.8 Å². The van der Waals surface area contributed by atoms with Gasteiger partial charge in [0.1, 0.15) is 0 Å². The van der Waals surface area contributed by atoms with E-state index < -0.39 is 18.6 Å². The summed E-state index contributed by atoms with van der Waals surface area (Å²) in [6.07, 6.45) is 0.425. The zero-order valence-corrected chi connectivity index (χ0v) is 28.6. The normalized spacial score (nSPS) is 13.7. The second kappa shape index (κ2) is 12.7. The SMILES string of the molecule is Cc1c[c-]c(-c2cc(C)c(C)cn2)cc1.[2H]C([2H])([2H])c1ccc2c(n1)oc1c(-c3ccc4sc(C([2H])([2H])C(C)(C)C)cc4n3)[c-]ccc12.[Ir]. The van der Waals surface area contributed by atoms with Gasteiger partial charge in [0.2, 0.25) is 5.71 Å². The van der Waals surface area contributed by atoms with Crippen LogP contribution in [0.2, 0.25) is 0 Å². The maximum Gasteiger partial charge on any atom is 0.216 e. The molecule has 1 radical (unpaired) electrons. The van der Waals surface area contributed by atoms with E-state index in [1.807, 2.05) is 57.3 Å². The van der Waals surface area contributed by atoms with Crippen molar-refractivity contribution >= 4 is 43.6 Å². The molecule has 0 atom stereocenters. The Morgan fingerprint density at radius 2 is 1.75 bits per heavy atom. The smallest absolute Gasteiger partial charge is 0.216 e. The molecule has 6 heteroatoms. The molecule has 0 aliphatic heterocycles. The largest absolute Gasteiger partial charge is 0.486 e. The van der Waals surface area contributed by atoms with Gasteiger partial charge in [-0.05, 0) is 73.7 Å². The third-order valence-corrected chi connectivity index (χ3v) is 8.05. The van der Waals surface area contributed by atoms with E-state index in [1.54, 1.807) is 12.1 Å². The molecular formula is C38H35IrN3OS-2. The predicted octanol–water partition coefficient (Wildman–Crippen LogP) is 10.4. The second-order valence-corrected chi connectivity index (χ2v) is 12.8. The van der Waals surface area contributed by atoms with E-state index >= 15 is 0 Å². The number of rotatable bonds is 3. The van der Waals surface area contributed by atoms with Crippen LogP contribution in [0.3, 0.4) is 0 Å². The van der Waals surface area contributed by atoms with Crippen molar-refractivity contribution in [1.82, 2.24) is 15.0 Å². The summed E-state index contributed by atoms with van der Waals surface area (Å²) >= 11 is 1.41. The summed E-state index contributed by atoms with van der Waals surface area (Å²) < 4.78 is 46.9. The van der Waals surface area contributed by atoms with Gasteiger partial charge in [0.15, 0.2) is 0 Å². The Hall–Kier alpha value is -3.70. The molecule has 0 fully saturated rings. The first-order valence-corrected chi connectivity index (χ1v) is 14.9. The first kappa shape index (κ1) is 25.6. The van der Waals surface area contributed by atoms with Crippen LogP contribution in [-0.4, -0.2) is 15.0 Å². The van der Waals surface area contributed by atoms with Crippen molar-refractivity contribution < 1.29 is 31.4 Å². The molecule has 7 aromatic rings. The summed E-state index contributed by atoms with van der Waals surface area (Å²) in [6, 6.07) is 27.2. The van der Waals surface area contributed by atoms with Crippen LogP contribution in [0, 0.1) is 45.2 Å².